The molecule has 0 saturated carbocycles. The van der Waals surface area contributed by atoms with E-state index in [9.17, 15) is 10.2 Å². The van der Waals surface area contributed by atoms with Crippen LogP contribution in [-0.2, 0) is 4.74 Å². The molecule has 5 N–H and O–H groups in total. The lowest BCUT2D eigenvalue weighted by atomic mass is 9.98. The van der Waals surface area contributed by atoms with Crippen LogP contribution in [0.25, 0.3) is 0 Å². The topological polar surface area (TPSA) is 106 Å². The lowest BCUT2D eigenvalue weighted by molar-refractivity contribution is -0.154. The van der Waals surface area contributed by atoms with E-state index >= 15 is 0 Å². The number of aliphatic hydroxyl groups is 3. The highest BCUT2D eigenvalue weighted by Gasteiger charge is 2.48. The normalized spacial score (nSPS) is 41.8. The predicted molar refractivity (Wildman–Crippen MR) is 68.5 cm³/mol. The fourth-order valence-electron chi connectivity index (χ4n) is 2.08. The Bertz CT molecular complexity index is 317. The Hall–Kier alpha value is -0.380. The maximum atomic E-state index is 10.1. The monoisotopic (exact) mass is 277 g/mol. The second-order valence-corrected chi connectivity index (χ2v) is 5.36. The highest BCUT2D eigenvalue weighted by atomic mass is 32.2. The van der Waals surface area contributed by atoms with Crippen molar-refractivity contribution in [3.63, 3.8) is 0 Å². The molecule has 0 radical (unpaired) electrons. The second kappa shape index (κ2) is 6.18. The number of aliphatic imine (C=N–C) groups is 1. The molecule has 0 aliphatic carbocycles. The standard InChI is InChI=1S/C10H19N3O4S/c1-11-10-13-6-8(16)7(15)5(4-12-2-3-14)17-9(6)18-10/h5-9,12,14-16H,2-4H2,1H3,(H,11,13)/t5-,6-,7-,8-,9-/m1/s1. The van der Waals surface area contributed by atoms with E-state index in [4.69, 9.17) is 9.84 Å². The molecule has 8 heteroatoms. The zero-order chi connectivity index (χ0) is 13.1. The fraction of sp³-hybridized carbons (Fsp3) is 0.900. The summed E-state index contributed by atoms with van der Waals surface area (Å²) in [7, 11) is 1.66. The van der Waals surface area contributed by atoms with E-state index in [1.54, 1.807) is 7.05 Å². The van der Waals surface area contributed by atoms with Gasteiger partial charge in [-0.25, -0.2) is 0 Å². The molecule has 104 valence electrons. The number of hydrogen-bond donors (Lipinski definition) is 5. The van der Waals surface area contributed by atoms with Gasteiger partial charge in [0, 0.05) is 20.1 Å². The second-order valence-electron chi connectivity index (χ2n) is 4.27. The van der Waals surface area contributed by atoms with Crippen LogP contribution in [0.5, 0.6) is 0 Å². The van der Waals surface area contributed by atoms with Crippen molar-refractivity contribution in [3.8, 4) is 0 Å². The minimum absolute atomic E-state index is 0.0281. The van der Waals surface area contributed by atoms with Gasteiger partial charge in [0.05, 0.1) is 12.6 Å². The molecule has 0 aromatic rings. The van der Waals surface area contributed by atoms with E-state index in [0.29, 0.717) is 18.3 Å². The molecule has 0 spiro atoms. The summed E-state index contributed by atoms with van der Waals surface area (Å²) in [6, 6.07) is -0.335. The molecule has 2 heterocycles. The van der Waals surface area contributed by atoms with Crippen molar-refractivity contribution in [2.75, 3.05) is 26.7 Å². The summed E-state index contributed by atoms with van der Waals surface area (Å²) in [4.78, 5) is 4.02. The van der Waals surface area contributed by atoms with E-state index in [0.717, 1.165) is 0 Å². The fourth-order valence-corrected chi connectivity index (χ4v) is 3.18. The maximum Gasteiger partial charge on any atom is 0.159 e. The Morgan fingerprint density at radius 2 is 2.22 bits per heavy atom. The lowest BCUT2D eigenvalue weighted by Gasteiger charge is -2.39. The van der Waals surface area contributed by atoms with E-state index in [-0.39, 0.29) is 18.1 Å². The molecule has 0 aromatic heterocycles. The minimum Gasteiger partial charge on any atom is -0.395 e. The molecule has 0 amide bonds. The van der Waals surface area contributed by atoms with Crippen LogP contribution in [0.1, 0.15) is 0 Å². The number of nitrogens with one attached hydrogen (secondary N) is 2. The van der Waals surface area contributed by atoms with Crippen molar-refractivity contribution in [2.45, 2.75) is 29.8 Å². The van der Waals surface area contributed by atoms with Crippen LogP contribution < -0.4 is 10.6 Å². The molecule has 0 bridgehead atoms. The Morgan fingerprint density at radius 1 is 1.44 bits per heavy atom. The largest absolute Gasteiger partial charge is 0.395 e. The molecular weight excluding hydrogens is 258 g/mol. The number of aliphatic hydroxyl groups excluding tert-OH is 3. The summed E-state index contributed by atoms with van der Waals surface area (Å²) < 4.78 is 5.74. The van der Waals surface area contributed by atoms with Gasteiger partial charge in [0.1, 0.15) is 23.7 Å². The van der Waals surface area contributed by atoms with Crippen molar-refractivity contribution in [3.05, 3.63) is 0 Å². The third-order valence-corrected chi connectivity index (χ3v) is 4.22. The van der Waals surface area contributed by atoms with E-state index in [2.05, 4.69) is 15.6 Å². The van der Waals surface area contributed by atoms with Gasteiger partial charge in [0.2, 0.25) is 0 Å². The molecule has 18 heavy (non-hydrogen) atoms. The molecule has 5 atom stereocenters. The van der Waals surface area contributed by atoms with Crippen LogP contribution in [0.4, 0.5) is 0 Å². The number of fused-ring (bicyclic) bond motifs is 1. The average Bonchev–Trinajstić information content (AvgIpc) is 2.79. The number of hydrogen-bond acceptors (Lipinski definition) is 7. The Balaban J connectivity index is 1.96. The predicted octanol–water partition coefficient (Wildman–Crippen LogP) is -2.29. The van der Waals surface area contributed by atoms with Crippen molar-refractivity contribution in [1.29, 1.82) is 0 Å². The van der Waals surface area contributed by atoms with Gasteiger partial charge >= 0.3 is 0 Å². The van der Waals surface area contributed by atoms with Crippen molar-refractivity contribution in [1.82, 2.24) is 10.6 Å². The Kier molecular flexibility index (Phi) is 4.82. The Morgan fingerprint density at radius 3 is 2.89 bits per heavy atom. The summed E-state index contributed by atoms with van der Waals surface area (Å²) in [5.74, 6) is 0. The zero-order valence-corrected chi connectivity index (χ0v) is 10.9. The third-order valence-electron chi connectivity index (χ3n) is 3.06. The van der Waals surface area contributed by atoms with Crippen LogP contribution in [-0.4, -0.2) is 77.0 Å². The first-order valence-corrected chi connectivity index (χ1v) is 6.78. The van der Waals surface area contributed by atoms with Crippen molar-refractivity contribution in [2.24, 2.45) is 4.99 Å². The smallest absolute Gasteiger partial charge is 0.159 e. The summed E-state index contributed by atoms with van der Waals surface area (Å²) in [6.07, 6.45) is -2.34. The molecule has 2 saturated heterocycles. The Labute approximate surface area is 110 Å². The quantitative estimate of drug-likeness (QED) is 0.368. The molecule has 2 rings (SSSR count). The number of ether oxygens (including phenoxy) is 1. The van der Waals surface area contributed by atoms with Crippen LogP contribution >= 0.6 is 11.8 Å². The number of rotatable bonds is 4. The lowest BCUT2D eigenvalue weighted by Crippen LogP contribution is -2.60. The van der Waals surface area contributed by atoms with E-state index < -0.39 is 18.3 Å². The highest BCUT2D eigenvalue weighted by Crippen LogP contribution is 2.33. The average molecular weight is 277 g/mol. The minimum atomic E-state index is -0.957. The molecular formula is C10H19N3O4S. The number of thioether (sulfide) groups is 1. The van der Waals surface area contributed by atoms with Gasteiger partial charge < -0.3 is 30.7 Å². The van der Waals surface area contributed by atoms with Crippen LogP contribution in [0.2, 0.25) is 0 Å². The highest BCUT2D eigenvalue weighted by molar-refractivity contribution is 8.14. The third kappa shape index (κ3) is 2.79. The number of nitrogens with zero attached hydrogens (tertiary/aromatic N) is 1. The first kappa shape index (κ1) is 14.0. The van der Waals surface area contributed by atoms with Crippen LogP contribution in [0, 0.1) is 0 Å². The summed E-state index contributed by atoms with van der Waals surface area (Å²) in [5.41, 5.74) is -0.247. The van der Waals surface area contributed by atoms with E-state index in [1.165, 1.54) is 11.8 Å². The van der Waals surface area contributed by atoms with Crippen molar-refractivity contribution < 1.29 is 20.1 Å². The van der Waals surface area contributed by atoms with Gasteiger partial charge in [-0.3, -0.25) is 4.99 Å². The van der Waals surface area contributed by atoms with Gasteiger partial charge in [-0.2, -0.15) is 0 Å². The molecule has 2 fully saturated rings. The maximum absolute atomic E-state index is 10.1. The van der Waals surface area contributed by atoms with E-state index in [1.807, 2.05) is 0 Å². The first-order valence-electron chi connectivity index (χ1n) is 5.90. The van der Waals surface area contributed by atoms with Crippen LogP contribution in [0.15, 0.2) is 4.99 Å². The van der Waals surface area contributed by atoms with Gasteiger partial charge in [-0.1, -0.05) is 11.8 Å². The molecule has 7 nitrogen and oxygen atoms in total. The SMILES string of the molecule is CN=C1N[C@@H]2[C@@H](O)[C@H](O)[C@@H](CNCCO)O[C@@H]2S1. The molecule has 0 aromatic carbocycles. The molecule has 2 aliphatic heterocycles. The van der Waals surface area contributed by atoms with Crippen LogP contribution in [0.3, 0.4) is 0 Å². The van der Waals surface area contributed by atoms with Gasteiger partial charge in [0.15, 0.2) is 5.17 Å². The summed E-state index contributed by atoms with van der Waals surface area (Å²) in [5, 5.41) is 35.4. The zero-order valence-electron chi connectivity index (χ0n) is 10.1. The molecule has 0 unspecified atom stereocenters. The summed E-state index contributed by atoms with van der Waals surface area (Å²) >= 11 is 1.41. The number of amidine groups is 1. The molecule has 2 aliphatic rings. The van der Waals surface area contributed by atoms with Crippen molar-refractivity contribution >= 4 is 16.9 Å². The van der Waals surface area contributed by atoms with Gasteiger partial charge in [-0.05, 0) is 0 Å². The summed E-state index contributed by atoms with van der Waals surface area (Å²) in [6.45, 7) is 0.853. The van der Waals surface area contributed by atoms with Gasteiger partial charge in [-0.15, -0.1) is 0 Å². The van der Waals surface area contributed by atoms with Gasteiger partial charge in [0.25, 0.3) is 0 Å². The first-order chi connectivity index (χ1) is 8.67.